The zero-order chi connectivity index (χ0) is 15.3. The molecule has 0 saturated carbocycles. The number of amides is 2. The topological polar surface area (TPSA) is 70.2 Å². The van der Waals surface area contributed by atoms with Crippen LogP contribution in [0.4, 0.5) is 5.69 Å². The maximum absolute atomic E-state index is 12.7. The van der Waals surface area contributed by atoms with Crippen molar-refractivity contribution in [2.45, 2.75) is 26.2 Å². The Bertz CT molecular complexity index is 522. The van der Waals surface area contributed by atoms with Crippen molar-refractivity contribution < 1.29 is 9.59 Å². The number of benzene rings is 1. The Kier molecular flexibility index (Phi) is 4.96. The first-order valence-electron chi connectivity index (χ1n) is 7.46. The Balaban J connectivity index is 2.21. The fourth-order valence-electron chi connectivity index (χ4n) is 2.80. The van der Waals surface area contributed by atoms with Gasteiger partial charge in [-0.25, -0.2) is 0 Å². The van der Waals surface area contributed by atoms with Crippen molar-refractivity contribution in [3.63, 3.8) is 0 Å². The third kappa shape index (κ3) is 3.24. The van der Waals surface area contributed by atoms with E-state index in [9.17, 15) is 9.59 Å². The monoisotopic (exact) mass is 289 g/mol. The normalized spacial score (nSPS) is 21.6. The van der Waals surface area contributed by atoms with E-state index in [-0.39, 0.29) is 17.2 Å². The summed E-state index contributed by atoms with van der Waals surface area (Å²) >= 11 is 0. The number of para-hydroxylation sites is 1. The molecule has 1 aromatic rings. The first kappa shape index (κ1) is 15.5. The van der Waals surface area contributed by atoms with Gasteiger partial charge in [-0.05, 0) is 37.9 Å². The molecule has 2 rings (SSSR count). The van der Waals surface area contributed by atoms with Gasteiger partial charge in [-0.15, -0.1) is 0 Å². The molecule has 1 unspecified atom stereocenters. The Morgan fingerprint density at radius 3 is 2.71 bits per heavy atom. The van der Waals surface area contributed by atoms with Crippen LogP contribution in [0.25, 0.3) is 0 Å². The van der Waals surface area contributed by atoms with Crippen molar-refractivity contribution >= 4 is 17.5 Å². The third-order valence-electron chi connectivity index (χ3n) is 4.28. The van der Waals surface area contributed by atoms with Gasteiger partial charge in [-0.1, -0.05) is 19.1 Å². The van der Waals surface area contributed by atoms with Crippen LogP contribution in [0.5, 0.6) is 0 Å². The summed E-state index contributed by atoms with van der Waals surface area (Å²) in [5, 5.41) is 8.84. The number of hydrogen-bond donors (Lipinski definition) is 3. The van der Waals surface area contributed by atoms with Gasteiger partial charge in [-0.3, -0.25) is 9.59 Å². The van der Waals surface area contributed by atoms with E-state index >= 15 is 0 Å². The number of rotatable bonds is 4. The highest BCUT2D eigenvalue weighted by atomic mass is 16.2. The Hall–Kier alpha value is -1.88. The van der Waals surface area contributed by atoms with Crippen molar-refractivity contribution in [2.75, 3.05) is 25.5 Å². The van der Waals surface area contributed by atoms with Gasteiger partial charge in [0, 0.05) is 13.6 Å². The van der Waals surface area contributed by atoms with E-state index in [1.54, 1.807) is 25.2 Å². The molecule has 1 atom stereocenters. The lowest BCUT2D eigenvalue weighted by atomic mass is 9.77. The van der Waals surface area contributed by atoms with Crippen LogP contribution in [0.15, 0.2) is 24.3 Å². The molecular weight excluding hydrogens is 266 g/mol. The predicted molar refractivity (Wildman–Crippen MR) is 83.3 cm³/mol. The Morgan fingerprint density at radius 2 is 2.10 bits per heavy atom. The first-order valence-corrected chi connectivity index (χ1v) is 7.46. The summed E-state index contributed by atoms with van der Waals surface area (Å²) < 4.78 is 0. The van der Waals surface area contributed by atoms with Crippen LogP contribution in [0, 0.1) is 5.41 Å². The SMILES string of the molecule is CCC1(C(=O)Nc2ccccc2C(=O)NC)CCCNC1. The summed E-state index contributed by atoms with van der Waals surface area (Å²) in [6.45, 7) is 3.69. The minimum absolute atomic E-state index is 0.00597. The smallest absolute Gasteiger partial charge is 0.253 e. The van der Waals surface area contributed by atoms with Gasteiger partial charge in [0.25, 0.3) is 5.91 Å². The molecule has 5 heteroatoms. The minimum atomic E-state index is -0.381. The number of piperidine rings is 1. The summed E-state index contributed by atoms with van der Waals surface area (Å²) in [6, 6.07) is 7.09. The van der Waals surface area contributed by atoms with E-state index in [4.69, 9.17) is 0 Å². The lowest BCUT2D eigenvalue weighted by Crippen LogP contribution is -2.47. The van der Waals surface area contributed by atoms with Crippen LogP contribution in [0.1, 0.15) is 36.5 Å². The van der Waals surface area contributed by atoms with Gasteiger partial charge in [0.05, 0.1) is 16.7 Å². The molecule has 0 radical (unpaired) electrons. The van der Waals surface area contributed by atoms with E-state index in [2.05, 4.69) is 16.0 Å². The molecule has 5 nitrogen and oxygen atoms in total. The highest BCUT2D eigenvalue weighted by Crippen LogP contribution is 2.32. The second kappa shape index (κ2) is 6.72. The van der Waals surface area contributed by atoms with Crippen molar-refractivity contribution in [3.05, 3.63) is 29.8 Å². The fourth-order valence-corrected chi connectivity index (χ4v) is 2.80. The lowest BCUT2D eigenvalue weighted by molar-refractivity contribution is -0.126. The van der Waals surface area contributed by atoms with E-state index in [1.807, 2.05) is 13.0 Å². The number of nitrogens with one attached hydrogen (secondary N) is 3. The first-order chi connectivity index (χ1) is 10.1. The maximum atomic E-state index is 12.7. The predicted octanol–water partition coefficient (Wildman–Crippen LogP) is 1.76. The largest absolute Gasteiger partial charge is 0.355 e. The van der Waals surface area contributed by atoms with Gasteiger partial charge >= 0.3 is 0 Å². The average Bonchev–Trinajstić information content (AvgIpc) is 2.55. The maximum Gasteiger partial charge on any atom is 0.253 e. The van der Waals surface area contributed by atoms with Gasteiger partial charge in [-0.2, -0.15) is 0 Å². The quantitative estimate of drug-likeness (QED) is 0.791. The molecule has 1 saturated heterocycles. The van der Waals surface area contributed by atoms with Crippen LogP contribution in [-0.2, 0) is 4.79 Å². The van der Waals surface area contributed by atoms with Crippen molar-refractivity contribution in [1.29, 1.82) is 0 Å². The second-order valence-electron chi connectivity index (χ2n) is 5.49. The third-order valence-corrected chi connectivity index (χ3v) is 4.28. The molecule has 1 aliphatic rings. The zero-order valence-electron chi connectivity index (χ0n) is 12.7. The van der Waals surface area contributed by atoms with Crippen molar-refractivity contribution in [2.24, 2.45) is 5.41 Å². The van der Waals surface area contributed by atoms with Crippen LogP contribution in [-0.4, -0.2) is 32.0 Å². The highest BCUT2D eigenvalue weighted by molar-refractivity contribution is 6.04. The molecule has 3 N–H and O–H groups in total. The Morgan fingerprint density at radius 1 is 1.33 bits per heavy atom. The van der Waals surface area contributed by atoms with Gasteiger partial charge in [0.2, 0.25) is 5.91 Å². The molecule has 1 fully saturated rings. The lowest BCUT2D eigenvalue weighted by Gasteiger charge is -2.35. The average molecular weight is 289 g/mol. The molecule has 1 aromatic carbocycles. The molecule has 0 spiro atoms. The van der Waals surface area contributed by atoms with E-state index < -0.39 is 0 Å². The molecule has 0 bridgehead atoms. The van der Waals surface area contributed by atoms with E-state index in [0.29, 0.717) is 17.8 Å². The highest BCUT2D eigenvalue weighted by Gasteiger charge is 2.38. The summed E-state index contributed by atoms with van der Waals surface area (Å²) in [5.41, 5.74) is 0.678. The molecular formula is C16H23N3O2. The zero-order valence-corrected chi connectivity index (χ0v) is 12.7. The molecule has 21 heavy (non-hydrogen) atoms. The summed E-state index contributed by atoms with van der Waals surface area (Å²) in [4.78, 5) is 24.6. The van der Waals surface area contributed by atoms with Crippen molar-refractivity contribution in [1.82, 2.24) is 10.6 Å². The minimum Gasteiger partial charge on any atom is -0.355 e. The summed E-state index contributed by atoms with van der Waals surface area (Å²) in [7, 11) is 1.58. The van der Waals surface area contributed by atoms with Crippen molar-refractivity contribution in [3.8, 4) is 0 Å². The van der Waals surface area contributed by atoms with Gasteiger partial charge < -0.3 is 16.0 Å². The molecule has 1 heterocycles. The molecule has 2 amide bonds. The number of anilines is 1. The van der Waals surface area contributed by atoms with Crippen LogP contribution < -0.4 is 16.0 Å². The fraction of sp³-hybridized carbons (Fsp3) is 0.500. The van der Waals surface area contributed by atoms with Crippen LogP contribution in [0.3, 0.4) is 0 Å². The summed E-state index contributed by atoms with van der Waals surface area (Å²) in [6.07, 6.45) is 2.66. The summed E-state index contributed by atoms with van der Waals surface area (Å²) in [5.74, 6) is -0.202. The Labute approximate surface area is 125 Å². The van der Waals surface area contributed by atoms with E-state index in [1.165, 1.54) is 0 Å². The van der Waals surface area contributed by atoms with Gasteiger partial charge in [0.15, 0.2) is 0 Å². The number of hydrogen-bond acceptors (Lipinski definition) is 3. The standard InChI is InChI=1S/C16H23N3O2/c1-3-16(9-6-10-18-11-16)15(21)19-13-8-5-4-7-12(13)14(20)17-2/h4-5,7-8,18H,3,6,9-11H2,1-2H3,(H,17,20)(H,19,21). The molecule has 1 aliphatic heterocycles. The van der Waals surface area contributed by atoms with Crippen LogP contribution >= 0.6 is 0 Å². The molecule has 0 aromatic heterocycles. The number of carbonyl (C=O) groups is 2. The molecule has 0 aliphatic carbocycles. The van der Waals surface area contributed by atoms with E-state index in [0.717, 1.165) is 25.8 Å². The molecule has 114 valence electrons. The number of carbonyl (C=O) groups excluding carboxylic acids is 2. The van der Waals surface area contributed by atoms with Gasteiger partial charge in [0.1, 0.15) is 0 Å². The van der Waals surface area contributed by atoms with Crippen LogP contribution in [0.2, 0.25) is 0 Å². The second-order valence-corrected chi connectivity index (χ2v) is 5.49.